The van der Waals surface area contributed by atoms with E-state index in [0.29, 0.717) is 5.56 Å². The Morgan fingerprint density at radius 2 is 2.24 bits per heavy atom. The zero-order valence-electron chi connectivity index (χ0n) is 11.4. The third-order valence-corrected chi connectivity index (χ3v) is 3.14. The molecule has 5 nitrogen and oxygen atoms in total. The molecule has 0 amide bonds. The van der Waals surface area contributed by atoms with E-state index in [9.17, 15) is 4.39 Å². The van der Waals surface area contributed by atoms with E-state index in [4.69, 9.17) is 21.6 Å². The molecule has 1 aromatic heterocycles. The van der Waals surface area contributed by atoms with Crippen LogP contribution in [0, 0.1) is 17.1 Å². The topological polar surface area (TPSA) is 70.8 Å². The summed E-state index contributed by atoms with van der Waals surface area (Å²) in [7, 11) is 1.53. The van der Waals surface area contributed by atoms with Crippen LogP contribution in [0.3, 0.4) is 0 Å². The first-order valence-corrected chi connectivity index (χ1v) is 6.45. The monoisotopic (exact) mass is 306 g/mol. The van der Waals surface area contributed by atoms with Crippen LogP contribution in [-0.2, 0) is 4.74 Å². The van der Waals surface area contributed by atoms with Crippen LogP contribution in [-0.4, -0.2) is 17.1 Å². The Kier molecular flexibility index (Phi) is 4.68. The fourth-order valence-electron chi connectivity index (χ4n) is 1.79. The second-order valence-electron chi connectivity index (χ2n) is 4.22. The van der Waals surface area contributed by atoms with E-state index in [1.165, 1.54) is 19.4 Å². The van der Waals surface area contributed by atoms with Gasteiger partial charge in [0.2, 0.25) is 5.28 Å². The number of para-hydroxylation sites is 1. The number of ether oxygens (including phenoxy) is 1. The molecule has 1 aromatic carbocycles. The minimum Gasteiger partial charge on any atom is -0.377 e. The Bertz CT molecular complexity index is 702. The second-order valence-corrected chi connectivity index (χ2v) is 4.56. The third-order valence-electron chi connectivity index (χ3n) is 2.96. The van der Waals surface area contributed by atoms with Crippen molar-refractivity contribution in [1.29, 1.82) is 5.26 Å². The summed E-state index contributed by atoms with van der Waals surface area (Å²) in [6.45, 7) is 1.79. The van der Waals surface area contributed by atoms with Crippen LogP contribution < -0.4 is 5.32 Å². The third kappa shape index (κ3) is 3.27. The van der Waals surface area contributed by atoms with Gasteiger partial charge in [-0.2, -0.15) is 10.2 Å². The highest BCUT2D eigenvalue weighted by atomic mass is 35.5. The van der Waals surface area contributed by atoms with Gasteiger partial charge in [0.25, 0.3) is 0 Å². The highest BCUT2D eigenvalue weighted by molar-refractivity contribution is 6.28. The lowest BCUT2D eigenvalue weighted by Gasteiger charge is -2.17. The van der Waals surface area contributed by atoms with Gasteiger partial charge in [0.15, 0.2) is 5.82 Å². The summed E-state index contributed by atoms with van der Waals surface area (Å²) in [6, 6.07) is 6.55. The molecule has 0 saturated heterocycles. The quantitative estimate of drug-likeness (QED) is 0.874. The van der Waals surface area contributed by atoms with Crippen LogP contribution >= 0.6 is 11.6 Å². The zero-order valence-corrected chi connectivity index (χ0v) is 12.1. The number of hydrogen-bond acceptors (Lipinski definition) is 5. The molecule has 0 aliphatic heterocycles. The van der Waals surface area contributed by atoms with E-state index in [1.54, 1.807) is 19.1 Å². The van der Waals surface area contributed by atoms with Gasteiger partial charge in [0.1, 0.15) is 17.4 Å². The Balaban J connectivity index is 2.49. The number of rotatable bonds is 4. The number of nitrogens with zero attached hydrogens (tertiary/aromatic N) is 3. The number of methoxy groups -OCH3 is 1. The van der Waals surface area contributed by atoms with E-state index in [2.05, 4.69) is 15.3 Å². The molecule has 0 bridgehead atoms. The Labute approximate surface area is 126 Å². The van der Waals surface area contributed by atoms with Crippen LogP contribution in [0.25, 0.3) is 0 Å². The molecule has 1 unspecified atom stereocenters. The predicted molar refractivity (Wildman–Crippen MR) is 76.9 cm³/mol. The highest BCUT2D eigenvalue weighted by Crippen LogP contribution is 2.30. The molecule has 1 N–H and O–H groups in total. The van der Waals surface area contributed by atoms with Crippen molar-refractivity contribution in [3.63, 3.8) is 0 Å². The SMILES string of the molecule is COC(C)c1cccc(F)c1Nc1nc(Cl)ncc1C#N. The van der Waals surface area contributed by atoms with Gasteiger partial charge in [-0.05, 0) is 24.6 Å². The van der Waals surface area contributed by atoms with Gasteiger partial charge < -0.3 is 10.1 Å². The maximum atomic E-state index is 14.1. The molecule has 0 fully saturated rings. The lowest BCUT2D eigenvalue weighted by molar-refractivity contribution is 0.120. The van der Waals surface area contributed by atoms with Gasteiger partial charge in [-0.15, -0.1) is 0 Å². The average Bonchev–Trinajstić information content (AvgIpc) is 2.48. The minimum absolute atomic E-state index is 0.0332. The average molecular weight is 307 g/mol. The molecule has 1 heterocycles. The Morgan fingerprint density at radius 1 is 1.48 bits per heavy atom. The van der Waals surface area contributed by atoms with Crippen LogP contribution in [0.1, 0.15) is 24.2 Å². The molecular weight excluding hydrogens is 295 g/mol. The normalized spacial score (nSPS) is 11.8. The molecule has 0 saturated carbocycles. The number of hydrogen-bond donors (Lipinski definition) is 1. The number of nitriles is 1. The van der Waals surface area contributed by atoms with E-state index in [0.717, 1.165) is 0 Å². The molecule has 0 radical (unpaired) electrons. The first kappa shape index (κ1) is 15.2. The van der Waals surface area contributed by atoms with Crippen LogP contribution in [0.4, 0.5) is 15.9 Å². The number of halogens is 2. The highest BCUT2D eigenvalue weighted by Gasteiger charge is 2.16. The molecule has 108 valence electrons. The standard InChI is InChI=1S/C14H12ClFN4O/c1-8(21-2)10-4-3-5-11(16)12(10)19-13-9(6-17)7-18-14(15)20-13/h3-5,7-8H,1-2H3,(H,18,19,20). The smallest absolute Gasteiger partial charge is 0.224 e. The molecule has 7 heteroatoms. The molecule has 0 spiro atoms. The predicted octanol–water partition coefficient (Wildman–Crippen LogP) is 3.59. The fourth-order valence-corrected chi connectivity index (χ4v) is 1.93. The van der Waals surface area contributed by atoms with Crippen molar-refractivity contribution in [1.82, 2.24) is 9.97 Å². The number of nitrogens with one attached hydrogen (secondary N) is 1. The van der Waals surface area contributed by atoms with Crippen LogP contribution in [0.15, 0.2) is 24.4 Å². The lowest BCUT2D eigenvalue weighted by atomic mass is 10.1. The molecule has 0 aliphatic carbocycles. The largest absolute Gasteiger partial charge is 0.377 e. The van der Waals surface area contributed by atoms with Gasteiger partial charge in [0.05, 0.1) is 18.0 Å². The lowest BCUT2D eigenvalue weighted by Crippen LogP contribution is -2.06. The van der Waals surface area contributed by atoms with Gasteiger partial charge in [-0.1, -0.05) is 12.1 Å². The summed E-state index contributed by atoms with van der Waals surface area (Å²) in [5.74, 6) is -0.331. The first-order chi connectivity index (χ1) is 10.1. The Morgan fingerprint density at radius 3 is 2.90 bits per heavy atom. The summed E-state index contributed by atoms with van der Waals surface area (Å²) >= 11 is 5.72. The maximum Gasteiger partial charge on any atom is 0.224 e. The molecule has 2 aromatic rings. The van der Waals surface area contributed by atoms with E-state index < -0.39 is 5.82 Å². The zero-order chi connectivity index (χ0) is 15.4. The molecule has 1 atom stereocenters. The first-order valence-electron chi connectivity index (χ1n) is 6.07. The molecule has 0 aliphatic rings. The van der Waals surface area contributed by atoms with Crippen molar-refractivity contribution < 1.29 is 9.13 Å². The maximum absolute atomic E-state index is 14.1. The van der Waals surface area contributed by atoms with Crippen molar-refractivity contribution in [2.75, 3.05) is 12.4 Å². The summed E-state index contributed by atoms with van der Waals surface area (Å²) in [5, 5.41) is 11.8. The Hall–Kier alpha value is -2.23. The van der Waals surface area contributed by atoms with Crippen molar-refractivity contribution >= 4 is 23.1 Å². The van der Waals surface area contributed by atoms with Gasteiger partial charge in [-0.25, -0.2) is 9.37 Å². The molecule has 21 heavy (non-hydrogen) atoms. The van der Waals surface area contributed by atoms with Gasteiger partial charge in [0, 0.05) is 12.7 Å². The van der Waals surface area contributed by atoms with Crippen LogP contribution in [0.5, 0.6) is 0 Å². The van der Waals surface area contributed by atoms with Crippen LogP contribution in [0.2, 0.25) is 5.28 Å². The summed E-state index contributed by atoms with van der Waals surface area (Å²) < 4.78 is 19.3. The van der Waals surface area contributed by atoms with Crippen molar-refractivity contribution in [2.24, 2.45) is 0 Å². The molecule has 2 rings (SSSR count). The van der Waals surface area contributed by atoms with Gasteiger partial charge in [-0.3, -0.25) is 0 Å². The number of benzene rings is 1. The van der Waals surface area contributed by atoms with Gasteiger partial charge >= 0.3 is 0 Å². The summed E-state index contributed by atoms with van der Waals surface area (Å²) in [4.78, 5) is 7.64. The van der Waals surface area contributed by atoms with E-state index in [-0.39, 0.29) is 28.5 Å². The number of anilines is 2. The van der Waals surface area contributed by atoms with E-state index >= 15 is 0 Å². The van der Waals surface area contributed by atoms with E-state index in [1.807, 2.05) is 6.07 Å². The summed E-state index contributed by atoms with van der Waals surface area (Å²) in [5.41, 5.74) is 0.966. The fraction of sp³-hybridized carbons (Fsp3) is 0.214. The van der Waals surface area contributed by atoms with Crippen molar-refractivity contribution in [2.45, 2.75) is 13.0 Å². The minimum atomic E-state index is -0.477. The second kappa shape index (κ2) is 6.48. The van der Waals surface area contributed by atoms with Crippen molar-refractivity contribution in [3.8, 4) is 6.07 Å². The number of aromatic nitrogens is 2. The molecular formula is C14H12ClFN4O. The van der Waals surface area contributed by atoms with Crippen molar-refractivity contribution in [3.05, 3.63) is 46.6 Å². The summed E-state index contributed by atoms with van der Waals surface area (Å²) in [6.07, 6.45) is 0.948.